The Morgan fingerprint density at radius 3 is 2.55 bits per heavy atom. The molecule has 2 aromatic carbocycles. The molecule has 0 spiro atoms. The van der Waals surface area contributed by atoms with Crippen LogP contribution < -0.4 is 4.57 Å². The number of hydrogen-bond donors (Lipinski definition) is 0. The minimum absolute atomic E-state index is 0.121. The fourth-order valence-corrected chi connectivity index (χ4v) is 4.08. The minimum atomic E-state index is -2.61. The first-order valence-corrected chi connectivity index (χ1v) is 10.3. The number of furan rings is 1. The summed E-state index contributed by atoms with van der Waals surface area (Å²) in [6, 6.07) is 7.17. The van der Waals surface area contributed by atoms with E-state index in [1.165, 1.54) is 0 Å². The van der Waals surface area contributed by atoms with Crippen LogP contribution in [0.2, 0.25) is 0 Å². The van der Waals surface area contributed by atoms with Gasteiger partial charge in [-0.25, -0.2) is 4.85 Å². The van der Waals surface area contributed by atoms with Crippen molar-refractivity contribution < 1.29 is 17.2 Å². The van der Waals surface area contributed by atoms with Crippen LogP contribution in [0.25, 0.3) is 38.0 Å². The van der Waals surface area contributed by atoms with Crippen LogP contribution in [0.1, 0.15) is 56.9 Å². The molecular formula is C28H31N2O+. The Morgan fingerprint density at radius 2 is 1.90 bits per heavy atom. The van der Waals surface area contributed by atoms with E-state index in [0.29, 0.717) is 33.8 Å². The van der Waals surface area contributed by atoms with Crippen molar-refractivity contribution in [1.82, 2.24) is 0 Å². The van der Waals surface area contributed by atoms with Gasteiger partial charge in [0.25, 0.3) is 0 Å². The molecule has 0 bridgehead atoms. The molecule has 4 aromatic rings. The molecule has 2 aromatic heterocycles. The summed E-state index contributed by atoms with van der Waals surface area (Å²) in [6.07, 6.45) is -2.11. The van der Waals surface area contributed by atoms with Gasteiger partial charge in [0, 0.05) is 36.2 Å². The van der Waals surface area contributed by atoms with Gasteiger partial charge in [-0.3, -0.25) is 0 Å². The molecule has 0 amide bonds. The SMILES string of the molecule is [2H]c1c(C([2H])([2H])C(C)(C)C)c(C([2H])([2H])[2H])c(C)[n+](C)c1-c1c(C)ccc2c1oc1ccc([N+]#[C-])c(C)c12. The van der Waals surface area contributed by atoms with Crippen molar-refractivity contribution in [2.24, 2.45) is 12.5 Å². The van der Waals surface area contributed by atoms with E-state index in [2.05, 4.69) is 4.85 Å². The highest BCUT2D eigenvalue weighted by atomic mass is 16.3. The van der Waals surface area contributed by atoms with Crippen LogP contribution in [0.5, 0.6) is 0 Å². The number of pyridine rings is 1. The van der Waals surface area contributed by atoms with E-state index in [4.69, 9.17) is 17.8 Å². The summed E-state index contributed by atoms with van der Waals surface area (Å²) < 4.78 is 60.1. The molecule has 0 saturated carbocycles. The molecular weight excluding hydrogens is 380 g/mol. The molecule has 0 aliphatic heterocycles. The van der Waals surface area contributed by atoms with Crippen LogP contribution in [-0.4, -0.2) is 0 Å². The van der Waals surface area contributed by atoms with E-state index in [9.17, 15) is 1.37 Å². The van der Waals surface area contributed by atoms with E-state index in [-0.39, 0.29) is 17.2 Å². The normalized spacial score (nSPS) is 15.7. The summed E-state index contributed by atoms with van der Waals surface area (Å²) in [5.74, 6) is 0. The predicted molar refractivity (Wildman–Crippen MR) is 129 cm³/mol. The van der Waals surface area contributed by atoms with E-state index in [0.717, 1.165) is 21.9 Å². The Hall–Kier alpha value is -3.12. The van der Waals surface area contributed by atoms with Gasteiger partial charge >= 0.3 is 0 Å². The minimum Gasteiger partial charge on any atom is -0.455 e. The Balaban J connectivity index is 2.25. The molecule has 0 atom stereocenters. The summed E-state index contributed by atoms with van der Waals surface area (Å²) in [5, 5.41) is 1.61. The monoisotopic (exact) mass is 417 g/mol. The third-order valence-electron chi connectivity index (χ3n) is 5.80. The maximum Gasteiger partial charge on any atom is 0.216 e. The highest BCUT2D eigenvalue weighted by Gasteiger charge is 2.26. The number of hydrogen-bond acceptors (Lipinski definition) is 1. The molecule has 4 rings (SSSR count). The molecule has 0 radical (unpaired) electrons. The quantitative estimate of drug-likeness (QED) is 0.245. The van der Waals surface area contributed by atoms with E-state index in [1.54, 1.807) is 51.4 Å². The summed E-state index contributed by atoms with van der Waals surface area (Å²) >= 11 is 0. The predicted octanol–water partition coefficient (Wildman–Crippen LogP) is 7.45. The van der Waals surface area contributed by atoms with Gasteiger partial charge in [-0.1, -0.05) is 39.0 Å². The van der Waals surface area contributed by atoms with Crippen LogP contribution in [0.3, 0.4) is 0 Å². The number of aryl methyl sites for hydroxylation is 2. The molecule has 0 unspecified atom stereocenters. The maximum atomic E-state index is 9.30. The number of aromatic nitrogens is 1. The molecule has 3 nitrogen and oxygen atoms in total. The van der Waals surface area contributed by atoms with Crippen molar-refractivity contribution >= 4 is 27.6 Å². The topological polar surface area (TPSA) is 21.4 Å². The molecule has 0 aliphatic rings. The van der Waals surface area contributed by atoms with Gasteiger partial charge in [0.05, 0.1) is 13.5 Å². The summed E-state index contributed by atoms with van der Waals surface area (Å²) in [5.41, 5.74) is 3.41. The van der Waals surface area contributed by atoms with E-state index < -0.39 is 18.6 Å². The zero-order chi connectivity index (χ0) is 27.8. The van der Waals surface area contributed by atoms with Crippen molar-refractivity contribution in [2.75, 3.05) is 0 Å². The van der Waals surface area contributed by atoms with Crippen LogP contribution in [-0.2, 0) is 13.4 Å². The highest BCUT2D eigenvalue weighted by Crippen LogP contribution is 2.41. The van der Waals surface area contributed by atoms with Crippen molar-refractivity contribution in [2.45, 2.75) is 54.8 Å². The molecule has 31 heavy (non-hydrogen) atoms. The average Bonchev–Trinajstić information content (AvgIpc) is 3.15. The maximum absolute atomic E-state index is 9.30. The zero-order valence-electron chi connectivity index (χ0n) is 25.1. The van der Waals surface area contributed by atoms with Crippen LogP contribution >= 0.6 is 0 Å². The second-order valence-electron chi connectivity index (χ2n) is 9.17. The number of nitrogens with zero attached hydrogens (tertiary/aromatic N) is 2. The highest BCUT2D eigenvalue weighted by molar-refractivity contribution is 6.12. The summed E-state index contributed by atoms with van der Waals surface area (Å²) in [4.78, 5) is 3.62. The average molecular weight is 418 g/mol. The first kappa shape index (κ1) is 14.8. The van der Waals surface area contributed by atoms with Crippen molar-refractivity contribution in [3.63, 3.8) is 0 Å². The first-order chi connectivity index (χ1) is 16.9. The zero-order valence-corrected chi connectivity index (χ0v) is 19.1. The lowest BCUT2D eigenvalue weighted by atomic mass is 9.85. The molecule has 0 saturated heterocycles. The molecule has 2 heterocycles. The molecule has 158 valence electrons. The van der Waals surface area contributed by atoms with Gasteiger partial charge < -0.3 is 4.42 Å². The largest absolute Gasteiger partial charge is 0.455 e. The van der Waals surface area contributed by atoms with Gasteiger partial charge in [-0.15, -0.1) is 0 Å². The fraction of sp³-hybridized carbons (Fsp3) is 0.357. The van der Waals surface area contributed by atoms with Gasteiger partial charge in [-0.05, 0) is 55.2 Å². The van der Waals surface area contributed by atoms with Crippen LogP contribution in [0, 0.1) is 39.6 Å². The van der Waals surface area contributed by atoms with Crippen LogP contribution in [0.15, 0.2) is 34.7 Å². The van der Waals surface area contributed by atoms with Crippen LogP contribution in [0.4, 0.5) is 5.69 Å². The van der Waals surface area contributed by atoms with Gasteiger partial charge in [0.15, 0.2) is 11.4 Å². The lowest BCUT2D eigenvalue weighted by Crippen LogP contribution is -2.36. The number of rotatable bonds is 2. The van der Waals surface area contributed by atoms with Crippen molar-refractivity contribution in [3.05, 3.63) is 69.7 Å². The van der Waals surface area contributed by atoms with Gasteiger partial charge in [0.2, 0.25) is 5.69 Å². The van der Waals surface area contributed by atoms with Crippen molar-refractivity contribution in [1.29, 1.82) is 0 Å². The smallest absolute Gasteiger partial charge is 0.216 e. The van der Waals surface area contributed by atoms with Gasteiger partial charge in [-0.2, -0.15) is 4.57 Å². The second-order valence-corrected chi connectivity index (χ2v) is 9.17. The van der Waals surface area contributed by atoms with Gasteiger partial charge in [0.1, 0.15) is 18.2 Å². The second kappa shape index (κ2) is 7.24. The van der Waals surface area contributed by atoms with E-state index >= 15 is 0 Å². The number of fused-ring (bicyclic) bond motifs is 3. The Labute approximate surface area is 193 Å². The Morgan fingerprint density at radius 1 is 1.16 bits per heavy atom. The molecule has 3 heteroatoms. The third-order valence-corrected chi connectivity index (χ3v) is 5.80. The lowest BCUT2D eigenvalue weighted by Gasteiger charge is -2.20. The fourth-order valence-electron chi connectivity index (χ4n) is 4.08. The number of benzene rings is 2. The molecule has 0 fully saturated rings. The van der Waals surface area contributed by atoms with E-state index in [1.807, 2.05) is 26.0 Å². The summed E-state index contributed by atoms with van der Waals surface area (Å²) in [7, 11) is 1.71. The standard InChI is InChI=1S/C28H31N2O/c1-16-10-11-21-26-18(3)22(29-8)12-13-24(26)31-27(21)25(16)23-14-20(15-28(5,6)7)17(2)19(4)30(23)9/h10-14H,15H2,1-7,9H3/q+1/i2D3,14D,15D2. The first-order valence-electron chi connectivity index (χ1n) is 13.3. The Kier molecular flexibility index (Phi) is 3.46. The molecule has 0 aliphatic carbocycles. The Bertz CT molecular complexity index is 1630. The summed E-state index contributed by atoms with van der Waals surface area (Å²) in [6.45, 7) is 15.4. The molecule has 0 N–H and O–H groups in total. The third kappa shape index (κ3) is 3.41. The lowest BCUT2D eigenvalue weighted by molar-refractivity contribution is -0.667. The van der Waals surface area contributed by atoms with Crippen molar-refractivity contribution in [3.8, 4) is 11.3 Å².